The summed E-state index contributed by atoms with van der Waals surface area (Å²) >= 11 is 4.84. The quantitative estimate of drug-likeness (QED) is 0.853. The molecular formula is C8H6BrN3S. The average Bonchev–Trinajstić information content (AvgIpc) is 2.47. The molecule has 0 fully saturated rings. The summed E-state index contributed by atoms with van der Waals surface area (Å²) in [5, 5.41) is 0.568. The van der Waals surface area contributed by atoms with Gasteiger partial charge in [-0.1, -0.05) is 11.3 Å². The van der Waals surface area contributed by atoms with Gasteiger partial charge in [0.15, 0.2) is 5.13 Å². The lowest BCUT2D eigenvalue weighted by atomic mass is 10.2. The number of hydrogen-bond donors (Lipinski definition) is 1. The molecule has 3 nitrogen and oxygen atoms in total. The van der Waals surface area contributed by atoms with Crippen LogP contribution in [0.2, 0.25) is 0 Å². The molecule has 2 aromatic rings. The molecule has 0 aromatic carbocycles. The molecule has 0 aliphatic rings. The third kappa shape index (κ3) is 1.71. The van der Waals surface area contributed by atoms with E-state index in [9.17, 15) is 0 Å². The zero-order valence-corrected chi connectivity index (χ0v) is 8.97. The predicted octanol–water partition coefficient (Wildman–Crippen LogP) is 2.55. The number of halogens is 1. The van der Waals surface area contributed by atoms with E-state index in [-0.39, 0.29) is 0 Å². The maximum absolute atomic E-state index is 5.58. The fourth-order valence-corrected chi connectivity index (χ4v) is 2.40. The van der Waals surface area contributed by atoms with Crippen LogP contribution in [0.25, 0.3) is 11.3 Å². The van der Waals surface area contributed by atoms with Crippen molar-refractivity contribution in [1.29, 1.82) is 0 Å². The summed E-state index contributed by atoms with van der Waals surface area (Å²) in [7, 11) is 0. The predicted molar refractivity (Wildman–Crippen MR) is 57.5 cm³/mol. The molecule has 0 bridgehead atoms. The van der Waals surface area contributed by atoms with Gasteiger partial charge >= 0.3 is 0 Å². The number of nitrogens with zero attached hydrogens (tertiary/aromatic N) is 2. The first kappa shape index (κ1) is 8.65. The molecule has 0 atom stereocenters. The van der Waals surface area contributed by atoms with Crippen molar-refractivity contribution in [3.05, 3.63) is 28.3 Å². The SMILES string of the molecule is Nc1nc(-c2ccncc2)c(Br)s1. The first-order chi connectivity index (χ1) is 6.27. The van der Waals surface area contributed by atoms with Crippen molar-refractivity contribution >= 4 is 32.4 Å². The Bertz CT molecular complexity index is 413. The minimum atomic E-state index is 0.568. The van der Waals surface area contributed by atoms with Gasteiger partial charge in [0.1, 0.15) is 0 Å². The topological polar surface area (TPSA) is 51.8 Å². The Balaban J connectivity index is 2.53. The van der Waals surface area contributed by atoms with Crippen LogP contribution >= 0.6 is 27.3 Å². The first-order valence-electron chi connectivity index (χ1n) is 3.59. The summed E-state index contributed by atoms with van der Waals surface area (Å²) in [6.07, 6.45) is 3.47. The molecule has 0 saturated heterocycles. The minimum Gasteiger partial charge on any atom is -0.375 e. The van der Waals surface area contributed by atoms with E-state index in [4.69, 9.17) is 5.73 Å². The van der Waals surface area contributed by atoms with E-state index in [1.54, 1.807) is 12.4 Å². The van der Waals surface area contributed by atoms with Crippen LogP contribution in [0.3, 0.4) is 0 Å². The van der Waals surface area contributed by atoms with Crippen LogP contribution in [-0.4, -0.2) is 9.97 Å². The summed E-state index contributed by atoms with van der Waals surface area (Å²) in [4.78, 5) is 8.14. The number of nitrogen functional groups attached to an aromatic ring is 1. The molecule has 2 heterocycles. The molecule has 0 aliphatic carbocycles. The van der Waals surface area contributed by atoms with Gasteiger partial charge in [0.05, 0.1) is 9.48 Å². The monoisotopic (exact) mass is 255 g/mol. The van der Waals surface area contributed by atoms with Crippen molar-refractivity contribution in [2.45, 2.75) is 0 Å². The van der Waals surface area contributed by atoms with Crippen molar-refractivity contribution in [3.63, 3.8) is 0 Å². The zero-order chi connectivity index (χ0) is 9.26. The summed E-state index contributed by atoms with van der Waals surface area (Å²) in [6.45, 7) is 0. The molecule has 5 heteroatoms. The van der Waals surface area contributed by atoms with E-state index in [1.807, 2.05) is 12.1 Å². The molecule has 0 unspecified atom stereocenters. The van der Waals surface area contributed by atoms with Crippen molar-refractivity contribution < 1.29 is 0 Å². The van der Waals surface area contributed by atoms with Crippen LogP contribution < -0.4 is 5.73 Å². The fourth-order valence-electron chi connectivity index (χ4n) is 1.00. The lowest BCUT2D eigenvalue weighted by Gasteiger charge is -1.94. The largest absolute Gasteiger partial charge is 0.375 e. The molecule has 0 saturated carbocycles. The highest BCUT2D eigenvalue weighted by Gasteiger charge is 2.08. The number of thiazole rings is 1. The highest BCUT2D eigenvalue weighted by Crippen LogP contribution is 2.33. The van der Waals surface area contributed by atoms with E-state index in [0.29, 0.717) is 5.13 Å². The second kappa shape index (κ2) is 3.43. The maximum Gasteiger partial charge on any atom is 0.181 e. The molecule has 2 aromatic heterocycles. The standard InChI is InChI=1S/C8H6BrN3S/c9-7-6(12-8(10)13-7)5-1-3-11-4-2-5/h1-4H,(H2,10,12). The van der Waals surface area contributed by atoms with Gasteiger partial charge in [0.2, 0.25) is 0 Å². The number of nitrogens with two attached hydrogens (primary N) is 1. The smallest absolute Gasteiger partial charge is 0.181 e. The van der Waals surface area contributed by atoms with Crippen LogP contribution in [0, 0.1) is 0 Å². The normalized spacial score (nSPS) is 10.2. The van der Waals surface area contributed by atoms with E-state index in [0.717, 1.165) is 15.0 Å². The number of hydrogen-bond acceptors (Lipinski definition) is 4. The Morgan fingerprint density at radius 3 is 2.54 bits per heavy atom. The van der Waals surface area contributed by atoms with E-state index < -0.39 is 0 Å². The molecular weight excluding hydrogens is 250 g/mol. The van der Waals surface area contributed by atoms with Gasteiger partial charge in [-0.15, -0.1) is 0 Å². The highest BCUT2D eigenvalue weighted by molar-refractivity contribution is 9.11. The Labute approximate surface area is 87.8 Å². The van der Waals surface area contributed by atoms with Crippen molar-refractivity contribution in [2.75, 3.05) is 5.73 Å². The Morgan fingerprint density at radius 1 is 1.31 bits per heavy atom. The van der Waals surface area contributed by atoms with Gasteiger partial charge in [-0.05, 0) is 28.1 Å². The Morgan fingerprint density at radius 2 is 2.00 bits per heavy atom. The van der Waals surface area contributed by atoms with Crippen LogP contribution in [0.4, 0.5) is 5.13 Å². The maximum atomic E-state index is 5.58. The second-order valence-electron chi connectivity index (χ2n) is 2.41. The highest BCUT2D eigenvalue weighted by atomic mass is 79.9. The van der Waals surface area contributed by atoms with Gasteiger partial charge in [-0.2, -0.15) is 0 Å². The van der Waals surface area contributed by atoms with E-state index >= 15 is 0 Å². The van der Waals surface area contributed by atoms with Crippen molar-refractivity contribution in [3.8, 4) is 11.3 Å². The number of aromatic nitrogens is 2. The van der Waals surface area contributed by atoms with Crippen LogP contribution in [0.15, 0.2) is 28.3 Å². The van der Waals surface area contributed by atoms with Crippen LogP contribution in [0.1, 0.15) is 0 Å². The summed E-state index contributed by atoms with van der Waals surface area (Å²) in [5.41, 5.74) is 7.48. The molecule has 13 heavy (non-hydrogen) atoms. The average molecular weight is 256 g/mol. The summed E-state index contributed by atoms with van der Waals surface area (Å²) in [5.74, 6) is 0. The lowest BCUT2D eigenvalue weighted by Crippen LogP contribution is -1.83. The third-order valence-electron chi connectivity index (χ3n) is 1.56. The van der Waals surface area contributed by atoms with Crippen molar-refractivity contribution in [1.82, 2.24) is 9.97 Å². The zero-order valence-electron chi connectivity index (χ0n) is 6.57. The number of pyridine rings is 1. The van der Waals surface area contributed by atoms with Crippen LogP contribution in [-0.2, 0) is 0 Å². The minimum absolute atomic E-state index is 0.568. The van der Waals surface area contributed by atoms with Gasteiger partial charge in [-0.3, -0.25) is 4.98 Å². The van der Waals surface area contributed by atoms with Gasteiger partial charge in [-0.25, -0.2) is 4.98 Å². The molecule has 66 valence electrons. The van der Waals surface area contributed by atoms with E-state index in [1.165, 1.54) is 11.3 Å². The molecule has 2 rings (SSSR count). The van der Waals surface area contributed by atoms with Crippen LogP contribution in [0.5, 0.6) is 0 Å². The molecule has 2 N–H and O–H groups in total. The van der Waals surface area contributed by atoms with Crippen molar-refractivity contribution in [2.24, 2.45) is 0 Å². The second-order valence-corrected chi connectivity index (χ2v) is 4.76. The molecule has 0 spiro atoms. The van der Waals surface area contributed by atoms with E-state index in [2.05, 4.69) is 25.9 Å². The number of anilines is 1. The molecule has 0 amide bonds. The first-order valence-corrected chi connectivity index (χ1v) is 5.20. The fraction of sp³-hybridized carbons (Fsp3) is 0. The summed E-state index contributed by atoms with van der Waals surface area (Å²) in [6, 6.07) is 3.80. The van der Waals surface area contributed by atoms with Gasteiger partial charge in [0.25, 0.3) is 0 Å². The number of rotatable bonds is 1. The molecule has 0 radical (unpaired) electrons. The summed E-state index contributed by atoms with van der Waals surface area (Å²) < 4.78 is 0.955. The third-order valence-corrected chi connectivity index (χ3v) is 3.09. The lowest BCUT2D eigenvalue weighted by molar-refractivity contribution is 1.31. The molecule has 0 aliphatic heterocycles. The van der Waals surface area contributed by atoms with Gasteiger partial charge < -0.3 is 5.73 Å². The Kier molecular flexibility index (Phi) is 2.28. The Hall–Kier alpha value is -0.940. The van der Waals surface area contributed by atoms with Gasteiger partial charge in [0, 0.05) is 18.0 Å².